The quantitative estimate of drug-likeness (QED) is 0.947. The minimum Gasteiger partial charge on any atom is -0.338 e. The molecule has 0 spiro atoms. The van der Waals surface area contributed by atoms with Crippen molar-refractivity contribution in [3.8, 4) is 10.7 Å². The van der Waals surface area contributed by atoms with Crippen molar-refractivity contribution >= 4 is 27.3 Å². The summed E-state index contributed by atoms with van der Waals surface area (Å²) in [6.07, 6.45) is 0. The lowest BCUT2D eigenvalue weighted by molar-refractivity contribution is 0.311. The van der Waals surface area contributed by atoms with E-state index in [9.17, 15) is 0 Å². The number of hydrogen-bond donors (Lipinski definition) is 1. The van der Waals surface area contributed by atoms with Gasteiger partial charge >= 0.3 is 0 Å². The second-order valence-electron chi connectivity index (χ2n) is 4.14. The van der Waals surface area contributed by atoms with Crippen LogP contribution in [0.2, 0.25) is 0 Å². The lowest BCUT2D eigenvalue weighted by atomic mass is 9.94. The number of nitrogens with zero attached hydrogens (tertiary/aromatic N) is 2. The molecule has 16 heavy (non-hydrogen) atoms. The molecule has 0 saturated heterocycles. The van der Waals surface area contributed by atoms with Gasteiger partial charge in [-0.15, -0.1) is 11.3 Å². The van der Waals surface area contributed by atoms with Crippen molar-refractivity contribution in [3.05, 3.63) is 21.8 Å². The fourth-order valence-corrected chi connectivity index (χ4v) is 2.47. The van der Waals surface area contributed by atoms with Crippen molar-refractivity contribution in [1.29, 1.82) is 0 Å². The van der Waals surface area contributed by atoms with Gasteiger partial charge in [0.2, 0.25) is 11.7 Å². The Hall–Kier alpha value is -0.720. The van der Waals surface area contributed by atoms with E-state index in [4.69, 9.17) is 10.3 Å². The predicted molar refractivity (Wildman–Crippen MR) is 67.4 cm³/mol. The highest BCUT2D eigenvalue weighted by molar-refractivity contribution is 9.10. The number of aromatic nitrogens is 2. The Bertz CT molecular complexity index is 492. The summed E-state index contributed by atoms with van der Waals surface area (Å²) < 4.78 is 6.26. The summed E-state index contributed by atoms with van der Waals surface area (Å²) in [4.78, 5) is 5.35. The molecule has 0 aromatic carbocycles. The summed E-state index contributed by atoms with van der Waals surface area (Å²) in [7, 11) is 0. The van der Waals surface area contributed by atoms with Gasteiger partial charge in [-0.05, 0) is 35.8 Å². The van der Waals surface area contributed by atoms with Crippen LogP contribution < -0.4 is 5.73 Å². The fourth-order valence-electron chi connectivity index (χ4n) is 1.12. The summed E-state index contributed by atoms with van der Waals surface area (Å²) >= 11 is 4.96. The molecule has 0 unspecified atom stereocenters. The van der Waals surface area contributed by atoms with Crippen molar-refractivity contribution in [1.82, 2.24) is 10.1 Å². The average Bonchev–Trinajstić information content (AvgIpc) is 2.85. The van der Waals surface area contributed by atoms with Gasteiger partial charge in [0.1, 0.15) is 0 Å². The van der Waals surface area contributed by atoms with Gasteiger partial charge in [-0.25, -0.2) is 0 Å². The minimum atomic E-state index is -0.278. The summed E-state index contributed by atoms with van der Waals surface area (Å²) in [5, 5.41) is 5.95. The maximum atomic E-state index is 5.66. The van der Waals surface area contributed by atoms with E-state index in [1.807, 2.05) is 25.3 Å². The number of nitrogens with two attached hydrogens (primary N) is 1. The fraction of sp³-hybridized carbons (Fsp3) is 0.400. The van der Waals surface area contributed by atoms with Gasteiger partial charge in [0.05, 0.1) is 10.3 Å². The maximum absolute atomic E-state index is 5.66. The van der Waals surface area contributed by atoms with Crippen LogP contribution in [0.15, 0.2) is 20.4 Å². The molecule has 0 bridgehead atoms. The molecule has 2 rings (SSSR count). The molecule has 2 N–H and O–H groups in total. The van der Waals surface area contributed by atoms with E-state index < -0.39 is 0 Å². The van der Waals surface area contributed by atoms with Gasteiger partial charge in [-0.3, -0.25) is 0 Å². The molecule has 0 atom stereocenters. The second-order valence-corrected chi connectivity index (χ2v) is 5.97. The van der Waals surface area contributed by atoms with Crippen molar-refractivity contribution in [2.75, 3.05) is 6.54 Å². The molecule has 2 aromatic heterocycles. The Morgan fingerprint density at radius 2 is 2.31 bits per heavy atom. The van der Waals surface area contributed by atoms with Crippen LogP contribution in [0.4, 0.5) is 0 Å². The van der Waals surface area contributed by atoms with Crippen LogP contribution in [-0.4, -0.2) is 16.7 Å². The van der Waals surface area contributed by atoms with Crippen LogP contribution in [0.25, 0.3) is 10.7 Å². The molecule has 0 fully saturated rings. The Morgan fingerprint density at radius 3 is 2.88 bits per heavy atom. The largest absolute Gasteiger partial charge is 0.338 e. The lowest BCUT2D eigenvalue weighted by Gasteiger charge is -2.15. The molecular formula is C10H12BrN3OS. The van der Waals surface area contributed by atoms with E-state index in [-0.39, 0.29) is 5.41 Å². The van der Waals surface area contributed by atoms with Gasteiger partial charge in [-0.2, -0.15) is 4.98 Å². The molecule has 4 nitrogen and oxygen atoms in total. The molecular weight excluding hydrogens is 290 g/mol. The predicted octanol–water partition coefficient (Wildman–Crippen LogP) is 2.80. The van der Waals surface area contributed by atoms with Gasteiger partial charge in [0.25, 0.3) is 0 Å². The molecule has 0 saturated carbocycles. The molecule has 0 aliphatic heterocycles. The lowest BCUT2D eigenvalue weighted by Crippen LogP contribution is -2.28. The third-order valence-electron chi connectivity index (χ3n) is 2.30. The third kappa shape index (κ3) is 2.18. The van der Waals surface area contributed by atoms with E-state index in [0.717, 1.165) is 9.35 Å². The zero-order valence-corrected chi connectivity index (χ0v) is 11.4. The number of halogens is 1. The maximum Gasteiger partial charge on any atom is 0.233 e. The van der Waals surface area contributed by atoms with Crippen molar-refractivity contribution in [2.45, 2.75) is 19.3 Å². The first-order valence-corrected chi connectivity index (χ1v) is 6.49. The van der Waals surface area contributed by atoms with E-state index >= 15 is 0 Å². The van der Waals surface area contributed by atoms with E-state index in [2.05, 4.69) is 26.1 Å². The van der Waals surface area contributed by atoms with Crippen LogP contribution in [0.5, 0.6) is 0 Å². The summed E-state index contributed by atoms with van der Waals surface area (Å²) in [6, 6.07) is 1.97. The second kappa shape index (κ2) is 4.27. The van der Waals surface area contributed by atoms with Gasteiger partial charge in [0.15, 0.2) is 0 Å². The highest BCUT2D eigenvalue weighted by Crippen LogP contribution is 2.29. The molecule has 0 amide bonds. The number of thiophene rings is 1. The summed E-state index contributed by atoms with van der Waals surface area (Å²) in [5.74, 6) is 1.20. The highest BCUT2D eigenvalue weighted by Gasteiger charge is 2.26. The first-order chi connectivity index (χ1) is 7.53. The zero-order valence-electron chi connectivity index (χ0n) is 9.03. The Balaban J connectivity index is 2.33. The Kier molecular flexibility index (Phi) is 3.14. The van der Waals surface area contributed by atoms with Crippen molar-refractivity contribution in [3.63, 3.8) is 0 Å². The summed E-state index contributed by atoms with van der Waals surface area (Å²) in [5.41, 5.74) is 5.38. The summed E-state index contributed by atoms with van der Waals surface area (Å²) in [6.45, 7) is 4.44. The van der Waals surface area contributed by atoms with Crippen LogP contribution in [0.1, 0.15) is 19.7 Å². The van der Waals surface area contributed by atoms with Crippen LogP contribution in [-0.2, 0) is 5.41 Å². The smallest absolute Gasteiger partial charge is 0.233 e. The molecule has 86 valence electrons. The van der Waals surface area contributed by atoms with E-state index in [0.29, 0.717) is 18.3 Å². The molecule has 0 radical (unpaired) electrons. The highest BCUT2D eigenvalue weighted by atomic mass is 79.9. The molecule has 6 heteroatoms. The van der Waals surface area contributed by atoms with Crippen LogP contribution in [0, 0.1) is 0 Å². The Morgan fingerprint density at radius 1 is 1.56 bits per heavy atom. The SMILES string of the molecule is CC(C)(CN)c1nc(-c2cc(Br)cs2)no1. The Labute approximate surface area is 106 Å². The van der Waals surface area contributed by atoms with Crippen LogP contribution >= 0.6 is 27.3 Å². The number of hydrogen-bond acceptors (Lipinski definition) is 5. The van der Waals surface area contributed by atoms with Crippen molar-refractivity contribution < 1.29 is 4.52 Å². The van der Waals surface area contributed by atoms with Gasteiger partial charge < -0.3 is 10.3 Å². The average molecular weight is 302 g/mol. The minimum absolute atomic E-state index is 0.278. The topological polar surface area (TPSA) is 64.9 Å². The molecule has 2 aromatic rings. The first-order valence-electron chi connectivity index (χ1n) is 4.81. The standard InChI is InChI=1S/C10H12BrN3OS/c1-10(2,5-12)9-13-8(14-15-9)7-3-6(11)4-16-7/h3-4H,5,12H2,1-2H3. The zero-order chi connectivity index (χ0) is 11.8. The normalized spacial score (nSPS) is 12.0. The van der Waals surface area contributed by atoms with Crippen LogP contribution in [0.3, 0.4) is 0 Å². The first kappa shape index (κ1) is 11.8. The third-order valence-corrected chi connectivity index (χ3v) is 3.99. The van der Waals surface area contributed by atoms with E-state index in [1.54, 1.807) is 11.3 Å². The molecule has 0 aliphatic rings. The van der Waals surface area contributed by atoms with Gasteiger partial charge in [0, 0.05) is 16.4 Å². The van der Waals surface area contributed by atoms with E-state index in [1.165, 1.54) is 0 Å². The number of rotatable bonds is 3. The monoisotopic (exact) mass is 301 g/mol. The molecule has 0 aliphatic carbocycles. The van der Waals surface area contributed by atoms with Gasteiger partial charge in [-0.1, -0.05) is 5.16 Å². The van der Waals surface area contributed by atoms with Crippen molar-refractivity contribution in [2.24, 2.45) is 5.73 Å². The molecule has 2 heterocycles.